The van der Waals surface area contributed by atoms with E-state index in [0.717, 1.165) is 61.3 Å². The molecule has 1 aliphatic heterocycles. The molecule has 14 rings (SSSR count). The molecule has 2 aliphatic rings. The van der Waals surface area contributed by atoms with Crippen LogP contribution in [0.1, 0.15) is 23.6 Å². The quantitative estimate of drug-likeness (QED) is 0.166. The second-order valence-corrected chi connectivity index (χ2v) is 17.7. The minimum atomic E-state index is -0.542. The SMILES string of the molecule is CC1(c2ccccc2)c2cccc3c2-c2c1c(N(c1cc(-c4ccccc4)cc(-c4ccccc4)c1)c1ccc4c(c1)oc1ccccc14)cc1c4ccccc4n(c21)-c1ccccc1-3. The highest BCUT2D eigenvalue weighted by Gasteiger charge is 2.47. The van der Waals surface area contributed by atoms with Gasteiger partial charge in [-0.1, -0.05) is 164 Å². The van der Waals surface area contributed by atoms with E-state index in [9.17, 15) is 0 Å². The van der Waals surface area contributed by atoms with E-state index in [0.29, 0.717) is 0 Å². The summed E-state index contributed by atoms with van der Waals surface area (Å²) < 4.78 is 9.27. The minimum Gasteiger partial charge on any atom is -0.456 e. The van der Waals surface area contributed by atoms with Crippen molar-refractivity contribution in [2.75, 3.05) is 4.90 Å². The molecule has 2 aromatic heterocycles. The van der Waals surface area contributed by atoms with Gasteiger partial charge in [-0.05, 0) is 106 Å². The Morgan fingerprint density at radius 1 is 0.431 bits per heavy atom. The van der Waals surface area contributed by atoms with Crippen LogP contribution in [-0.4, -0.2) is 4.57 Å². The average Bonchev–Trinajstić information content (AvgIpc) is 3.97. The van der Waals surface area contributed by atoms with Crippen molar-refractivity contribution in [1.82, 2.24) is 4.57 Å². The van der Waals surface area contributed by atoms with Gasteiger partial charge in [0, 0.05) is 61.1 Å². The summed E-state index contributed by atoms with van der Waals surface area (Å²) in [5.74, 6) is 0. The molecule has 0 amide bonds. The molecule has 12 aromatic rings. The smallest absolute Gasteiger partial charge is 0.137 e. The van der Waals surface area contributed by atoms with Crippen LogP contribution in [0, 0.1) is 0 Å². The van der Waals surface area contributed by atoms with Crippen LogP contribution in [0.4, 0.5) is 17.1 Å². The Hall–Kier alpha value is -8.40. The number of rotatable bonds is 6. The number of para-hydroxylation sites is 3. The molecule has 0 saturated carbocycles. The lowest BCUT2D eigenvalue weighted by Gasteiger charge is -2.35. The maximum absolute atomic E-state index is 6.72. The molecule has 1 aliphatic carbocycles. The third-order valence-corrected chi connectivity index (χ3v) is 14.3. The number of furan rings is 1. The van der Waals surface area contributed by atoms with Gasteiger partial charge in [-0.15, -0.1) is 0 Å². The predicted molar refractivity (Wildman–Crippen MR) is 270 cm³/mol. The van der Waals surface area contributed by atoms with Crippen molar-refractivity contribution in [3.63, 3.8) is 0 Å². The van der Waals surface area contributed by atoms with Gasteiger partial charge in [0.25, 0.3) is 0 Å². The molecule has 1 atom stereocenters. The van der Waals surface area contributed by atoms with E-state index in [-0.39, 0.29) is 0 Å². The summed E-state index contributed by atoms with van der Waals surface area (Å²) in [5.41, 5.74) is 21.7. The second kappa shape index (κ2) is 13.6. The number of hydrogen-bond acceptors (Lipinski definition) is 2. The van der Waals surface area contributed by atoms with Crippen LogP contribution < -0.4 is 4.90 Å². The molecule has 65 heavy (non-hydrogen) atoms. The first kappa shape index (κ1) is 36.1. The fraction of sp³-hybridized carbons (Fsp3) is 0.0323. The summed E-state index contributed by atoms with van der Waals surface area (Å²) >= 11 is 0. The zero-order valence-electron chi connectivity index (χ0n) is 35.7. The van der Waals surface area contributed by atoms with Gasteiger partial charge in [-0.3, -0.25) is 0 Å². The molecule has 304 valence electrons. The van der Waals surface area contributed by atoms with Crippen LogP contribution in [0.5, 0.6) is 0 Å². The van der Waals surface area contributed by atoms with Crippen molar-refractivity contribution in [2.24, 2.45) is 0 Å². The predicted octanol–water partition coefficient (Wildman–Crippen LogP) is 16.8. The zero-order chi connectivity index (χ0) is 42.8. The van der Waals surface area contributed by atoms with E-state index in [4.69, 9.17) is 4.42 Å². The van der Waals surface area contributed by atoms with Gasteiger partial charge >= 0.3 is 0 Å². The Labute approximate surface area is 376 Å². The highest BCUT2D eigenvalue weighted by atomic mass is 16.3. The number of fused-ring (bicyclic) bond motifs is 9. The van der Waals surface area contributed by atoms with Gasteiger partial charge in [0.1, 0.15) is 11.2 Å². The molecule has 0 radical (unpaired) electrons. The molecule has 0 N–H and O–H groups in total. The fourth-order valence-electron chi connectivity index (χ4n) is 11.5. The van der Waals surface area contributed by atoms with E-state index in [1.54, 1.807) is 0 Å². The molecule has 0 spiro atoms. The summed E-state index contributed by atoms with van der Waals surface area (Å²) in [6.07, 6.45) is 0. The lowest BCUT2D eigenvalue weighted by atomic mass is 9.73. The number of anilines is 3. The molecule has 0 saturated heterocycles. The molecule has 3 nitrogen and oxygen atoms in total. The van der Waals surface area contributed by atoms with Crippen molar-refractivity contribution in [3.8, 4) is 50.2 Å². The Bertz CT molecular complexity index is 3840. The first-order valence-corrected chi connectivity index (χ1v) is 22.5. The zero-order valence-corrected chi connectivity index (χ0v) is 35.7. The first-order valence-electron chi connectivity index (χ1n) is 22.5. The van der Waals surface area contributed by atoms with Crippen molar-refractivity contribution in [3.05, 3.63) is 241 Å². The van der Waals surface area contributed by atoms with Gasteiger partial charge in [0.05, 0.1) is 22.4 Å². The Kier molecular flexibility index (Phi) is 7.53. The standard InChI is InChI=1S/C62H40N2O/c1-62(43-22-9-4-10-23-43)52-28-17-27-50-46-24-11-14-29-53(46)64-54-30-15-12-25-47(54)51-38-55(60(62)59(58(50)52)61(51)64)63(44-32-33-49-48-26-13-16-31-56(48)65-57(49)37-44)45-35-41(39-18-5-2-6-19-39)34-42(36-45)40-20-7-3-8-21-40/h2-38H,1H3. The van der Waals surface area contributed by atoms with Crippen LogP contribution >= 0.6 is 0 Å². The monoisotopic (exact) mass is 828 g/mol. The molecule has 0 bridgehead atoms. The van der Waals surface area contributed by atoms with Gasteiger partial charge < -0.3 is 13.9 Å². The number of aromatic nitrogens is 1. The topological polar surface area (TPSA) is 21.3 Å². The fourth-order valence-corrected chi connectivity index (χ4v) is 11.5. The van der Waals surface area contributed by atoms with E-state index in [1.165, 1.54) is 66.4 Å². The third-order valence-electron chi connectivity index (χ3n) is 14.3. The molecular formula is C62H40N2O. The van der Waals surface area contributed by atoms with Crippen molar-refractivity contribution < 1.29 is 4.42 Å². The first-order chi connectivity index (χ1) is 32.1. The maximum Gasteiger partial charge on any atom is 0.137 e. The molecule has 10 aromatic carbocycles. The molecule has 0 fully saturated rings. The highest BCUT2D eigenvalue weighted by Crippen LogP contribution is 2.63. The van der Waals surface area contributed by atoms with Crippen molar-refractivity contribution in [2.45, 2.75) is 12.3 Å². The summed E-state index contributed by atoms with van der Waals surface area (Å²) in [5, 5.41) is 4.67. The van der Waals surface area contributed by atoms with Crippen molar-refractivity contribution in [1.29, 1.82) is 0 Å². The summed E-state index contributed by atoms with van der Waals surface area (Å²) in [4.78, 5) is 2.54. The van der Waals surface area contributed by atoms with Crippen LogP contribution in [0.2, 0.25) is 0 Å². The van der Waals surface area contributed by atoms with Gasteiger partial charge in [-0.25, -0.2) is 0 Å². The minimum absolute atomic E-state index is 0.542. The van der Waals surface area contributed by atoms with Crippen molar-refractivity contribution >= 4 is 60.8 Å². The van der Waals surface area contributed by atoms with Crippen LogP contribution in [0.25, 0.3) is 93.9 Å². The Balaban J connectivity index is 1.18. The van der Waals surface area contributed by atoms with Crippen LogP contribution in [0.15, 0.2) is 229 Å². The molecule has 3 heteroatoms. The summed E-state index contributed by atoms with van der Waals surface area (Å²) in [6, 6.07) is 82.5. The maximum atomic E-state index is 6.72. The molecule has 3 heterocycles. The lowest BCUT2D eigenvalue weighted by Crippen LogP contribution is -2.25. The number of benzene rings is 10. The lowest BCUT2D eigenvalue weighted by molar-refractivity contribution is 0.669. The average molecular weight is 829 g/mol. The number of nitrogens with zero attached hydrogens (tertiary/aromatic N) is 2. The largest absolute Gasteiger partial charge is 0.456 e. The second-order valence-electron chi connectivity index (χ2n) is 17.7. The highest BCUT2D eigenvalue weighted by molar-refractivity contribution is 6.21. The Morgan fingerprint density at radius 3 is 1.83 bits per heavy atom. The van der Waals surface area contributed by atoms with Gasteiger partial charge in [0.2, 0.25) is 0 Å². The van der Waals surface area contributed by atoms with E-state index >= 15 is 0 Å². The third kappa shape index (κ3) is 5.06. The van der Waals surface area contributed by atoms with E-state index < -0.39 is 5.41 Å². The summed E-state index contributed by atoms with van der Waals surface area (Å²) in [7, 11) is 0. The molecular weight excluding hydrogens is 789 g/mol. The van der Waals surface area contributed by atoms with E-state index in [2.05, 4.69) is 235 Å². The normalized spacial score (nSPS) is 14.6. The van der Waals surface area contributed by atoms with Crippen LogP contribution in [0.3, 0.4) is 0 Å². The Morgan fingerprint density at radius 2 is 1.06 bits per heavy atom. The number of hydrogen-bond donors (Lipinski definition) is 0. The van der Waals surface area contributed by atoms with Gasteiger partial charge in [-0.2, -0.15) is 0 Å². The summed E-state index contributed by atoms with van der Waals surface area (Å²) in [6.45, 7) is 2.46. The molecule has 1 unspecified atom stereocenters. The van der Waals surface area contributed by atoms with Gasteiger partial charge in [0.15, 0.2) is 0 Å². The van der Waals surface area contributed by atoms with E-state index in [1.807, 2.05) is 6.07 Å². The van der Waals surface area contributed by atoms with Crippen LogP contribution in [-0.2, 0) is 5.41 Å².